The molecule has 2 N–H and O–H groups in total. The first-order valence-corrected chi connectivity index (χ1v) is 10.6. The maximum Gasteiger partial charge on any atom is 0.202 e. The van der Waals surface area contributed by atoms with Crippen molar-refractivity contribution >= 4 is 16.5 Å². The van der Waals surface area contributed by atoms with Gasteiger partial charge in [-0.3, -0.25) is 5.43 Å². The van der Waals surface area contributed by atoms with E-state index in [1.165, 1.54) is 23.4 Å². The first-order chi connectivity index (χ1) is 12.8. The predicted molar refractivity (Wildman–Crippen MR) is 113 cm³/mol. The summed E-state index contributed by atoms with van der Waals surface area (Å²) in [4.78, 5) is 6.02. The third kappa shape index (κ3) is 2.92. The molecule has 27 heavy (non-hydrogen) atoms. The second-order valence-electron chi connectivity index (χ2n) is 8.41. The SMILES string of the molecule is CCOc1ccc(-c2nc(NNC3=C[C@H]4CC[C@@]3(C)C4(C)C)sc2C)cc1. The average Bonchev–Trinajstić information content (AvgIpc) is 3.18. The number of rotatable bonds is 6. The Morgan fingerprint density at radius 1 is 1.19 bits per heavy atom. The van der Waals surface area contributed by atoms with Gasteiger partial charge in [0, 0.05) is 21.6 Å². The van der Waals surface area contributed by atoms with E-state index in [4.69, 9.17) is 9.72 Å². The van der Waals surface area contributed by atoms with Gasteiger partial charge in [0.05, 0.1) is 12.3 Å². The fourth-order valence-corrected chi connectivity index (χ4v) is 5.38. The third-order valence-corrected chi connectivity index (χ3v) is 7.69. The zero-order valence-corrected chi connectivity index (χ0v) is 17.7. The first-order valence-electron chi connectivity index (χ1n) is 9.80. The molecule has 1 fully saturated rings. The minimum Gasteiger partial charge on any atom is -0.494 e. The molecular formula is C22H29N3OS. The number of benzene rings is 1. The number of aryl methyl sites for hydroxylation is 1. The molecule has 4 nitrogen and oxygen atoms in total. The molecule has 4 rings (SSSR count). The molecule has 2 aliphatic rings. The molecule has 2 bridgehead atoms. The van der Waals surface area contributed by atoms with E-state index in [0.717, 1.165) is 22.1 Å². The summed E-state index contributed by atoms with van der Waals surface area (Å²) in [5.41, 5.74) is 10.8. The van der Waals surface area contributed by atoms with Crippen molar-refractivity contribution in [1.82, 2.24) is 10.4 Å². The molecule has 2 aliphatic carbocycles. The van der Waals surface area contributed by atoms with Gasteiger partial charge >= 0.3 is 0 Å². The second kappa shape index (κ2) is 6.55. The lowest BCUT2D eigenvalue weighted by atomic mass is 9.69. The maximum atomic E-state index is 5.53. The largest absolute Gasteiger partial charge is 0.494 e. The zero-order chi connectivity index (χ0) is 19.2. The lowest BCUT2D eigenvalue weighted by molar-refractivity contribution is 0.165. The van der Waals surface area contributed by atoms with Crippen LogP contribution in [-0.2, 0) is 0 Å². The Balaban J connectivity index is 1.47. The van der Waals surface area contributed by atoms with Crippen LogP contribution >= 0.6 is 11.3 Å². The standard InChI is InChI=1S/C22H29N3OS/c1-6-26-17-9-7-15(8-10-17)19-14(2)27-20(23-19)25-24-18-13-16-11-12-22(18,5)21(16,3)4/h7-10,13,16,24H,6,11-12H2,1-5H3,(H,23,25)/t16-,22-/m1/s1. The molecule has 1 aromatic heterocycles. The zero-order valence-electron chi connectivity index (χ0n) is 16.8. The van der Waals surface area contributed by atoms with Crippen molar-refractivity contribution in [3.63, 3.8) is 0 Å². The molecule has 1 aromatic carbocycles. The highest BCUT2D eigenvalue weighted by molar-refractivity contribution is 7.15. The van der Waals surface area contributed by atoms with Crippen LogP contribution in [0.2, 0.25) is 0 Å². The van der Waals surface area contributed by atoms with Crippen molar-refractivity contribution in [3.8, 4) is 17.0 Å². The van der Waals surface area contributed by atoms with Crippen LogP contribution in [0.5, 0.6) is 5.75 Å². The van der Waals surface area contributed by atoms with Crippen molar-refractivity contribution in [2.75, 3.05) is 12.0 Å². The fourth-order valence-electron chi connectivity index (χ4n) is 4.59. The summed E-state index contributed by atoms with van der Waals surface area (Å²) in [7, 11) is 0. The first kappa shape index (κ1) is 18.4. The van der Waals surface area contributed by atoms with E-state index in [1.54, 1.807) is 11.3 Å². The molecule has 1 heterocycles. The summed E-state index contributed by atoms with van der Waals surface area (Å²) in [6, 6.07) is 8.16. The number of thiazole rings is 1. The number of hydrogen-bond acceptors (Lipinski definition) is 5. The fraction of sp³-hybridized carbons (Fsp3) is 0.500. The quantitative estimate of drug-likeness (QED) is 0.621. The van der Waals surface area contributed by atoms with Crippen LogP contribution in [0, 0.1) is 23.7 Å². The van der Waals surface area contributed by atoms with E-state index in [0.29, 0.717) is 17.9 Å². The molecule has 0 aliphatic heterocycles. The van der Waals surface area contributed by atoms with Crippen LogP contribution in [0.25, 0.3) is 11.3 Å². The number of nitrogens with zero attached hydrogens (tertiary/aromatic N) is 1. The Morgan fingerprint density at radius 3 is 2.52 bits per heavy atom. The molecule has 1 saturated carbocycles. The summed E-state index contributed by atoms with van der Waals surface area (Å²) < 4.78 is 5.53. The van der Waals surface area contributed by atoms with Crippen molar-refractivity contribution in [2.24, 2.45) is 16.7 Å². The van der Waals surface area contributed by atoms with E-state index >= 15 is 0 Å². The van der Waals surface area contributed by atoms with Gasteiger partial charge in [0.1, 0.15) is 5.75 Å². The van der Waals surface area contributed by atoms with Gasteiger partial charge in [0.25, 0.3) is 0 Å². The van der Waals surface area contributed by atoms with Crippen LogP contribution in [0.15, 0.2) is 36.0 Å². The lowest BCUT2D eigenvalue weighted by Crippen LogP contribution is -2.37. The van der Waals surface area contributed by atoms with Crippen LogP contribution in [0.4, 0.5) is 5.13 Å². The van der Waals surface area contributed by atoms with Crippen molar-refractivity contribution in [1.29, 1.82) is 0 Å². The predicted octanol–water partition coefficient (Wildman–Crippen LogP) is 5.77. The molecule has 0 unspecified atom stereocenters. The number of allylic oxidation sites excluding steroid dienone is 2. The number of ether oxygens (including phenoxy) is 1. The van der Waals surface area contributed by atoms with E-state index in [9.17, 15) is 0 Å². The summed E-state index contributed by atoms with van der Waals surface area (Å²) in [6.07, 6.45) is 4.97. The van der Waals surface area contributed by atoms with Gasteiger partial charge in [0.15, 0.2) is 0 Å². The Morgan fingerprint density at radius 2 is 1.93 bits per heavy atom. The van der Waals surface area contributed by atoms with Gasteiger partial charge in [-0.15, -0.1) is 11.3 Å². The molecule has 5 heteroatoms. The Labute approximate surface area is 166 Å². The smallest absolute Gasteiger partial charge is 0.202 e. The number of hydrazine groups is 1. The molecule has 0 spiro atoms. The molecule has 0 amide bonds. The molecule has 144 valence electrons. The minimum absolute atomic E-state index is 0.217. The van der Waals surface area contributed by atoms with Crippen molar-refractivity contribution in [2.45, 2.75) is 47.5 Å². The van der Waals surface area contributed by atoms with Gasteiger partial charge in [-0.2, -0.15) is 0 Å². The minimum atomic E-state index is 0.217. The van der Waals surface area contributed by atoms with Crippen LogP contribution in [0.3, 0.4) is 0 Å². The summed E-state index contributed by atoms with van der Waals surface area (Å²) >= 11 is 1.68. The maximum absolute atomic E-state index is 5.53. The Bertz CT molecular complexity index is 868. The number of anilines is 1. The summed E-state index contributed by atoms with van der Waals surface area (Å²) in [6.45, 7) is 12.0. The van der Waals surface area contributed by atoms with E-state index in [2.05, 4.69) is 56.8 Å². The van der Waals surface area contributed by atoms with Crippen molar-refractivity contribution in [3.05, 3.63) is 40.9 Å². The third-order valence-electron chi connectivity index (χ3n) is 6.81. The van der Waals surface area contributed by atoms with Crippen LogP contribution in [0.1, 0.15) is 45.4 Å². The number of fused-ring (bicyclic) bond motifs is 2. The van der Waals surface area contributed by atoms with Gasteiger partial charge in [-0.05, 0) is 62.3 Å². The molecule has 2 aromatic rings. The average molecular weight is 384 g/mol. The highest BCUT2D eigenvalue weighted by Crippen LogP contribution is 2.64. The van der Waals surface area contributed by atoms with Crippen molar-refractivity contribution < 1.29 is 4.74 Å². The molecule has 0 saturated heterocycles. The lowest BCUT2D eigenvalue weighted by Gasteiger charge is -2.37. The summed E-state index contributed by atoms with van der Waals surface area (Å²) in [5.74, 6) is 1.57. The number of nitrogens with one attached hydrogen (secondary N) is 2. The monoisotopic (exact) mass is 383 g/mol. The summed E-state index contributed by atoms with van der Waals surface area (Å²) in [5, 5.41) is 0.904. The Kier molecular flexibility index (Phi) is 4.46. The van der Waals surface area contributed by atoms with Gasteiger partial charge in [-0.25, -0.2) is 4.98 Å². The highest BCUT2D eigenvalue weighted by Gasteiger charge is 2.57. The van der Waals surface area contributed by atoms with E-state index < -0.39 is 0 Å². The van der Waals surface area contributed by atoms with Crippen LogP contribution in [-0.4, -0.2) is 11.6 Å². The van der Waals surface area contributed by atoms with Gasteiger partial charge < -0.3 is 10.2 Å². The van der Waals surface area contributed by atoms with E-state index in [1.807, 2.05) is 19.1 Å². The number of hydrogen-bond donors (Lipinski definition) is 2. The second-order valence-corrected chi connectivity index (χ2v) is 9.61. The molecule has 0 radical (unpaired) electrons. The van der Waals surface area contributed by atoms with Gasteiger partial charge in [0.2, 0.25) is 5.13 Å². The van der Waals surface area contributed by atoms with Crippen LogP contribution < -0.4 is 15.6 Å². The Hall–Kier alpha value is -2.01. The van der Waals surface area contributed by atoms with E-state index in [-0.39, 0.29) is 5.41 Å². The molecular weight excluding hydrogens is 354 g/mol. The normalized spacial score (nSPS) is 25.4. The highest BCUT2D eigenvalue weighted by atomic mass is 32.1. The number of aromatic nitrogens is 1. The topological polar surface area (TPSA) is 46.2 Å². The van der Waals surface area contributed by atoms with Gasteiger partial charge in [-0.1, -0.05) is 26.8 Å². The molecule has 2 atom stereocenters.